The normalized spacial score (nSPS) is 14.7. The Morgan fingerprint density at radius 2 is 1.62 bits per heavy atom. The van der Waals surface area contributed by atoms with Gasteiger partial charge < -0.3 is 15.5 Å². The van der Waals surface area contributed by atoms with E-state index in [1.807, 2.05) is 37.8 Å². The zero-order valence-electron chi connectivity index (χ0n) is 18.7. The fourth-order valence-electron chi connectivity index (χ4n) is 3.30. The molecule has 0 aromatic heterocycles. The van der Waals surface area contributed by atoms with Crippen molar-refractivity contribution in [3.63, 3.8) is 0 Å². The Labute approximate surface area is 193 Å². The monoisotopic (exact) mass is 456 g/mol. The molecule has 2 aromatic carbocycles. The van der Waals surface area contributed by atoms with E-state index in [-0.39, 0.29) is 24.3 Å². The lowest BCUT2D eigenvalue weighted by molar-refractivity contribution is -0.123. The molecule has 1 fully saturated rings. The van der Waals surface area contributed by atoms with Gasteiger partial charge in [0, 0.05) is 42.8 Å². The van der Waals surface area contributed by atoms with E-state index in [9.17, 15) is 14.4 Å². The molecule has 7 nitrogen and oxygen atoms in total. The highest BCUT2D eigenvalue weighted by Crippen LogP contribution is 2.21. The van der Waals surface area contributed by atoms with Crippen LogP contribution in [0.1, 0.15) is 31.1 Å². The minimum atomic E-state index is -0.519. The van der Waals surface area contributed by atoms with Crippen LogP contribution >= 0.6 is 11.6 Å². The number of hydrogen-bond donors (Lipinski definition) is 2. The van der Waals surface area contributed by atoms with Crippen LogP contribution in [-0.2, 0) is 9.59 Å². The molecule has 1 aliphatic heterocycles. The van der Waals surface area contributed by atoms with E-state index < -0.39 is 5.41 Å². The van der Waals surface area contributed by atoms with Crippen molar-refractivity contribution in [2.24, 2.45) is 5.41 Å². The second kappa shape index (κ2) is 10.1. The van der Waals surface area contributed by atoms with Gasteiger partial charge in [0.15, 0.2) is 0 Å². The zero-order chi connectivity index (χ0) is 23.3. The van der Waals surface area contributed by atoms with Gasteiger partial charge in [0.1, 0.15) is 0 Å². The maximum atomic E-state index is 12.9. The molecule has 32 heavy (non-hydrogen) atoms. The molecule has 0 radical (unpaired) electrons. The second-order valence-electron chi connectivity index (χ2n) is 8.88. The first kappa shape index (κ1) is 23.8. The van der Waals surface area contributed by atoms with Crippen molar-refractivity contribution < 1.29 is 14.4 Å². The van der Waals surface area contributed by atoms with Gasteiger partial charge in [0.05, 0.1) is 17.3 Å². The van der Waals surface area contributed by atoms with Gasteiger partial charge in [0.25, 0.3) is 5.91 Å². The lowest BCUT2D eigenvalue weighted by atomic mass is 9.95. The van der Waals surface area contributed by atoms with E-state index in [1.54, 1.807) is 41.3 Å². The van der Waals surface area contributed by atoms with Crippen LogP contribution in [0.5, 0.6) is 0 Å². The molecule has 170 valence electrons. The van der Waals surface area contributed by atoms with Gasteiger partial charge in [-0.3, -0.25) is 19.3 Å². The molecule has 0 saturated carbocycles. The first-order valence-corrected chi connectivity index (χ1v) is 11.0. The largest absolute Gasteiger partial charge is 0.336 e. The standard InChI is InChI=1S/C24H29ClN4O3/c1-24(2,3)23(32)26-18-8-6-7-17(15-18)22(31)29-13-11-28(12-14-29)16-21(30)27-20-10-5-4-9-19(20)25/h4-10,15H,11-14,16H2,1-3H3,(H,26,32)(H,27,30). The molecular weight excluding hydrogens is 428 g/mol. The quantitative estimate of drug-likeness (QED) is 0.718. The van der Waals surface area contributed by atoms with Crippen LogP contribution in [0.4, 0.5) is 11.4 Å². The van der Waals surface area contributed by atoms with Gasteiger partial charge in [0.2, 0.25) is 11.8 Å². The third-order valence-corrected chi connectivity index (χ3v) is 5.55. The summed E-state index contributed by atoms with van der Waals surface area (Å²) in [5, 5.41) is 6.18. The summed E-state index contributed by atoms with van der Waals surface area (Å²) in [6.45, 7) is 8.00. The highest BCUT2D eigenvalue weighted by molar-refractivity contribution is 6.33. The van der Waals surface area contributed by atoms with E-state index in [0.717, 1.165) is 0 Å². The molecule has 3 rings (SSSR count). The summed E-state index contributed by atoms with van der Waals surface area (Å²) in [4.78, 5) is 41.3. The van der Waals surface area contributed by atoms with Crippen molar-refractivity contribution >= 4 is 40.7 Å². The predicted octanol–water partition coefficient (Wildman–Crippen LogP) is 3.72. The summed E-state index contributed by atoms with van der Waals surface area (Å²) >= 11 is 6.09. The smallest absolute Gasteiger partial charge is 0.254 e. The van der Waals surface area contributed by atoms with E-state index in [4.69, 9.17) is 11.6 Å². The van der Waals surface area contributed by atoms with Gasteiger partial charge in [-0.25, -0.2) is 0 Å². The Morgan fingerprint density at radius 1 is 0.938 bits per heavy atom. The molecular formula is C24H29ClN4O3. The third-order valence-electron chi connectivity index (χ3n) is 5.22. The Morgan fingerprint density at radius 3 is 2.28 bits per heavy atom. The number of amides is 3. The van der Waals surface area contributed by atoms with Gasteiger partial charge in [-0.15, -0.1) is 0 Å². The molecule has 0 aliphatic carbocycles. The number of anilines is 2. The minimum Gasteiger partial charge on any atom is -0.336 e. The number of rotatable bonds is 5. The zero-order valence-corrected chi connectivity index (χ0v) is 19.4. The first-order chi connectivity index (χ1) is 15.1. The molecule has 0 bridgehead atoms. The SMILES string of the molecule is CC(C)(C)C(=O)Nc1cccc(C(=O)N2CCN(CC(=O)Nc3ccccc3Cl)CC2)c1. The lowest BCUT2D eigenvalue weighted by Crippen LogP contribution is -2.50. The highest BCUT2D eigenvalue weighted by Gasteiger charge is 2.25. The van der Waals surface area contributed by atoms with Crippen LogP contribution in [0, 0.1) is 5.41 Å². The van der Waals surface area contributed by atoms with Crippen molar-refractivity contribution in [3.05, 3.63) is 59.1 Å². The van der Waals surface area contributed by atoms with Gasteiger partial charge in [-0.2, -0.15) is 0 Å². The van der Waals surface area contributed by atoms with Crippen molar-refractivity contribution in [3.8, 4) is 0 Å². The number of para-hydroxylation sites is 1. The summed E-state index contributed by atoms with van der Waals surface area (Å²) in [6.07, 6.45) is 0. The Balaban J connectivity index is 1.52. The molecule has 1 heterocycles. The molecule has 2 N–H and O–H groups in total. The average molecular weight is 457 g/mol. The van der Waals surface area contributed by atoms with Crippen molar-refractivity contribution in [1.29, 1.82) is 0 Å². The number of halogens is 1. The summed E-state index contributed by atoms with van der Waals surface area (Å²) < 4.78 is 0. The summed E-state index contributed by atoms with van der Waals surface area (Å²) in [5.74, 6) is -0.331. The number of nitrogens with zero attached hydrogens (tertiary/aromatic N) is 2. The number of hydrogen-bond acceptors (Lipinski definition) is 4. The van der Waals surface area contributed by atoms with Crippen LogP contribution in [0.25, 0.3) is 0 Å². The van der Waals surface area contributed by atoms with E-state index >= 15 is 0 Å². The fraction of sp³-hybridized carbons (Fsp3) is 0.375. The maximum Gasteiger partial charge on any atom is 0.254 e. The third kappa shape index (κ3) is 6.31. The Hall–Kier alpha value is -2.90. The van der Waals surface area contributed by atoms with E-state index in [2.05, 4.69) is 10.6 Å². The predicted molar refractivity (Wildman–Crippen MR) is 127 cm³/mol. The van der Waals surface area contributed by atoms with Crippen molar-refractivity contribution in [2.75, 3.05) is 43.4 Å². The van der Waals surface area contributed by atoms with Gasteiger partial charge >= 0.3 is 0 Å². The Kier molecular flexibility index (Phi) is 7.53. The second-order valence-corrected chi connectivity index (χ2v) is 9.29. The molecule has 0 spiro atoms. The van der Waals surface area contributed by atoms with Gasteiger partial charge in [-0.05, 0) is 30.3 Å². The fourth-order valence-corrected chi connectivity index (χ4v) is 3.48. The summed E-state index contributed by atoms with van der Waals surface area (Å²) in [7, 11) is 0. The average Bonchev–Trinajstić information content (AvgIpc) is 2.75. The first-order valence-electron chi connectivity index (χ1n) is 10.6. The van der Waals surface area contributed by atoms with Gasteiger partial charge in [-0.1, -0.05) is 50.6 Å². The molecule has 0 unspecified atom stereocenters. The number of benzene rings is 2. The molecule has 3 amide bonds. The van der Waals surface area contributed by atoms with Crippen molar-refractivity contribution in [2.45, 2.75) is 20.8 Å². The van der Waals surface area contributed by atoms with Crippen LogP contribution in [-0.4, -0.2) is 60.2 Å². The Bertz CT molecular complexity index is 995. The van der Waals surface area contributed by atoms with Crippen LogP contribution in [0.3, 0.4) is 0 Å². The molecule has 8 heteroatoms. The minimum absolute atomic E-state index is 0.0861. The molecule has 1 saturated heterocycles. The maximum absolute atomic E-state index is 12.9. The van der Waals surface area contributed by atoms with E-state index in [0.29, 0.717) is 48.1 Å². The summed E-state index contributed by atoms with van der Waals surface area (Å²) in [5.41, 5.74) is 1.20. The molecule has 1 aliphatic rings. The van der Waals surface area contributed by atoms with Crippen molar-refractivity contribution in [1.82, 2.24) is 9.80 Å². The number of piperazine rings is 1. The van der Waals surface area contributed by atoms with E-state index in [1.165, 1.54) is 0 Å². The number of nitrogens with one attached hydrogen (secondary N) is 2. The topological polar surface area (TPSA) is 81.8 Å². The lowest BCUT2D eigenvalue weighted by Gasteiger charge is -2.34. The molecule has 2 aromatic rings. The molecule has 0 atom stereocenters. The summed E-state index contributed by atoms with van der Waals surface area (Å²) in [6, 6.07) is 14.1. The number of carbonyl (C=O) groups is 3. The number of carbonyl (C=O) groups excluding carboxylic acids is 3. The highest BCUT2D eigenvalue weighted by atomic mass is 35.5. The van der Waals surface area contributed by atoms with Crippen LogP contribution < -0.4 is 10.6 Å². The van der Waals surface area contributed by atoms with Crippen LogP contribution in [0.2, 0.25) is 5.02 Å². The van der Waals surface area contributed by atoms with Crippen LogP contribution in [0.15, 0.2) is 48.5 Å².